The van der Waals surface area contributed by atoms with Gasteiger partial charge in [-0.3, -0.25) is 9.59 Å². The summed E-state index contributed by atoms with van der Waals surface area (Å²) in [4.78, 5) is 27.5. The number of methoxy groups -OCH3 is 2. The normalized spacial score (nSPS) is 25.3. The Morgan fingerprint density at radius 1 is 1.12 bits per heavy atom. The Bertz CT molecular complexity index is 801. The van der Waals surface area contributed by atoms with Gasteiger partial charge in [-0.15, -0.1) is 11.8 Å². The first-order valence-corrected chi connectivity index (χ1v) is 9.62. The van der Waals surface area contributed by atoms with Crippen LogP contribution in [0.1, 0.15) is 24.1 Å². The molecule has 132 valence electrons. The number of nitrogens with zero attached hydrogens (tertiary/aromatic N) is 1. The minimum atomic E-state index is -0.247. The highest BCUT2D eigenvalue weighted by atomic mass is 32.2. The summed E-state index contributed by atoms with van der Waals surface area (Å²) in [5.41, 5.74) is 3.68. The van der Waals surface area contributed by atoms with E-state index in [0.717, 1.165) is 30.0 Å². The molecule has 0 saturated carbocycles. The van der Waals surface area contributed by atoms with E-state index in [0.29, 0.717) is 22.8 Å². The van der Waals surface area contributed by atoms with Crippen molar-refractivity contribution < 1.29 is 19.1 Å². The maximum Gasteiger partial charge on any atom is 0.178 e. The number of fused-ring (bicyclic) bond motifs is 4. The predicted octanol–water partition coefficient (Wildman–Crippen LogP) is 2.39. The number of benzene rings is 1. The number of hydrogen-bond acceptors (Lipinski definition) is 6. The molecule has 2 atom stereocenters. The Kier molecular flexibility index (Phi) is 4.02. The van der Waals surface area contributed by atoms with Crippen LogP contribution in [0.25, 0.3) is 0 Å². The Hall–Kier alpha value is -1.95. The molecule has 1 aromatic carbocycles. The summed E-state index contributed by atoms with van der Waals surface area (Å²) >= 11 is 1.60. The minimum absolute atomic E-state index is 0.0100. The molecule has 0 N–H and O–H groups in total. The molecule has 5 nitrogen and oxygen atoms in total. The van der Waals surface area contributed by atoms with Crippen LogP contribution >= 0.6 is 11.8 Å². The first-order chi connectivity index (χ1) is 12.1. The van der Waals surface area contributed by atoms with Gasteiger partial charge >= 0.3 is 0 Å². The zero-order valence-corrected chi connectivity index (χ0v) is 15.4. The molecule has 0 saturated heterocycles. The lowest BCUT2D eigenvalue weighted by Gasteiger charge is -2.47. The van der Waals surface area contributed by atoms with E-state index in [-0.39, 0.29) is 23.5 Å². The van der Waals surface area contributed by atoms with E-state index >= 15 is 0 Å². The number of thioether (sulfide) groups is 1. The molecule has 4 rings (SSSR count). The Morgan fingerprint density at radius 2 is 1.84 bits per heavy atom. The van der Waals surface area contributed by atoms with Crippen molar-refractivity contribution in [1.29, 1.82) is 0 Å². The summed E-state index contributed by atoms with van der Waals surface area (Å²) in [5, 5.41) is 0. The molecule has 0 aromatic heterocycles. The second-order valence-corrected chi connectivity index (χ2v) is 7.67. The highest BCUT2D eigenvalue weighted by molar-refractivity contribution is 8.00. The van der Waals surface area contributed by atoms with Crippen molar-refractivity contribution in [3.63, 3.8) is 0 Å². The van der Waals surface area contributed by atoms with Gasteiger partial charge in [-0.25, -0.2) is 0 Å². The van der Waals surface area contributed by atoms with Crippen LogP contribution in [0.3, 0.4) is 0 Å². The van der Waals surface area contributed by atoms with Crippen molar-refractivity contribution in [3.8, 4) is 11.5 Å². The zero-order chi connectivity index (χ0) is 17.7. The number of Topliss-reactive ketones (excluding diaryl/α,β-unsaturated/α-hetero) is 2. The van der Waals surface area contributed by atoms with E-state index in [9.17, 15) is 9.59 Å². The quantitative estimate of drug-likeness (QED) is 0.756. The van der Waals surface area contributed by atoms with Crippen LogP contribution in [-0.2, 0) is 16.0 Å². The smallest absolute Gasteiger partial charge is 0.178 e. The lowest BCUT2D eigenvalue weighted by Crippen LogP contribution is -2.48. The third-order valence-corrected chi connectivity index (χ3v) is 6.39. The molecule has 3 aliphatic rings. The minimum Gasteiger partial charge on any atom is -0.493 e. The number of carbonyl (C=O) groups excluding carboxylic acids is 2. The molecule has 0 spiro atoms. The van der Waals surface area contributed by atoms with E-state index < -0.39 is 0 Å². The highest BCUT2D eigenvalue weighted by Crippen LogP contribution is 2.47. The zero-order valence-electron chi connectivity index (χ0n) is 14.6. The van der Waals surface area contributed by atoms with Gasteiger partial charge in [0.25, 0.3) is 0 Å². The van der Waals surface area contributed by atoms with E-state index in [4.69, 9.17) is 9.47 Å². The molecular formula is C19H21NO4S. The van der Waals surface area contributed by atoms with Crippen molar-refractivity contribution in [2.75, 3.05) is 32.3 Å². The van der Waals surface area contributed by atoms with Crippen LogP contribution in [0.5, 0.6) is 11.5 Å². The lowest BCUT2D eigenvalue weighted by atomic mass is 9.77. The van der Waals surface area contributed by atoms with Crippen LogP contribution < -0.4 is 9.47 Å². The summed E-state index contributed by atoms with van der Waals surface area (Å²) in [6.45, 7) is 2.75. The van der Waals surface area contributed by atoms with Crippen molar-refractivity contribution >= 4 is 23.3 Å². The number of hydrogen-bond donors (Lipinski definition) is 0. The molecule has 0 unspecified atom stereocenters. The third kappa shape index (κ3) is 2.38. The number of allylic oxidation sites excluding steroid dienone is 1. The average molecular weight is 359 g/mol. The monoisotopic (exact) mass is 359 g/mol. The predicted molar refractivity (Wildman–Crippen MR) is 96.2 cm³/mol. The summed E-state index contributed by atoms with van der Waals surface area (Å²) in [5.74, 6) is 2.27. The Labute approximate surface area is 151 Å². The third-order valence-electron chi connectivity index (χ3n) is 5.44. The first-order valence-electron chi connectivity index (χ1n) is 8.46. The standard InChI is InChI=1S/C19H21NO4S/c1-10-18-12-7-16(24-3)15(23-2)6-11(12)4-5-20(18)13-8-25-9-14(21)17(13)19(10)22/h6-7,10,18H,4-5,8-9H2,1-3H3/t10-,18+/m1/s1. The summed E-state index contributed by atoms with van der Waals surface area (Å²) in [6, 6.07) is 3.98. The molecule has 3 aliphatic heterocycles. The van der Waals surface area contributed by atoms with Gasteiger partial charge in [0.15, 0.2) is 23.1 Å². The van der Waals surface area contributed by atoms with Gasteiger partial charge in [-0.05, 0) is 29.7 Å². The molecule has 1 aromatic rings. The lowest BCUT2D eigenvalue weighted by molar-refractivity contribution is -0.125. The SMILES string of the molecule is COc1cc2c(cc1OC)[C@@H]1[C@@H](C)C(=O)C3=C(CSCC3=O)N1CC2. The second kappa shape index (κ2) is 6.09. The first kappa shape index (κ1) is 16.5. The number of ketones is 2. The number of ether oxygens (including phenoxy) is 2. The fraction of sp³-hybridized carbons (Fsp3) is 0.474. The molecule has 0 aliphatic carbocycles. The second-order valence-electron chi connectivity index (χ2n) is 6.68. The van der Waals surface area contributed by atoms with E-state index in [1.807, 2.05) is 19.1 Å². The van der Waals surface area contributed by atoms with Crippen LogP contribution in [0.2, 0.25) is 0 Å². The maximum absolute atomic E-state index is 12.9. The molecule has 0 radical (unpaired) electrons. The summed E-state index contributed by atoms with van der Waals surface area (Å²) < 4.78 is 10.9. The van der Waals surface area contributed by atoms with Gasteiger partial charge in [0.05, 0.1) is 31.6 Å². The Balaban J connectivity index is 1.86. The molecule has 0 amide bonds. The van der Waals surface area contributed by atoms with Crippen molar-refractivity contribution in [1.82, 2.24) is 4.90 Å². The molecule has 25 heavy (non-hydrogen) atoms. The van der Waals surface area contributed by atoms with Crippen LogP contribution in [-0.4, -0.2) is 48.7 Å². The van der Waals surface area contributed by atoms with Gasteiger partial charge in [0, 0.05) is 23.9 Å². The largest absolute Gasteiger partial charge is 0.493 e. The summed E-state index contributed by atoms with van der Waals surface area (Å²) in [7, 11) is 3.26. The van der Waals surface area contributed by atoms with Crippen molar-refractivity contribution in [2.24, 2.45) is 5.92 Å². The van der Waals surface area contributed by atoms with Gasteiger partial charge in [0.2, 0.25) is 0 Å². The van der Waals surface area contributed by atoms with E-state index in [1.54, 1.807) is 26.0 Å². The fourth-order valence-corrected chi connectivity index (χ4v) is 5.18. The summed E-state index contributed by atoms with van der Waals surface area (Å²) in [6.07, 6.45) is 0.864. The average Bonchev–Trinajstić information content (AvgIpc) is 2.63. The van der Waals surface area contributed by atoms with Crippen LogP contribution in [0.15, 0.2) is 23.4 Å². The topological polar surface area (TPSA) is 55.8 Å². The van der Waals surface area contributed by atoms with Crippen molar-refractivity contribution in [2.45, 2.75) is 19.4 Å². The number of carbonyl (C=O) groups is 2. The van der Waals surface area contributed by atoms with Gasteiger partial charge in [-0.2, -0.15) is 0 Å². The van der Waals surface area contributed by atoms with E-state index in [1.165, 1.54) is 5.56 Å². The molecule has 6 heteroatoms. The fourth-order valence-electron chi connectivity index (χ4n) is 4.24. The van der Waals surface area contributed by atoms with Gasteiger partial charge < -0.3 is 14.4 Å². The maximum atomic E-state index is 12.9. The molecular weight excluding hydrogens is 338 g/mol. The van der Waals surface area contributed by atoms with E-state index in [2.05, 4.69) is 4.90 Å². The molecule has 0 fully saturated rings. The van der Waals surface area contributed by atoms with Gasteiger partial charge in [-0.1, -0.05) is 6.92 Å². The molecule has 0 bridgehead atoms. The Morgan fingerprint density at radius 3 is 2.56 bits per heavy atom. The number of rotatable bonds is 2. The highest BCUT2D eigenvalue weighted by Gasteiger charge is 2.45. The van der Waals surface area contributed by atoms with Gasteiger partial charge in [0.1, 0.15) is 0 Å². The van der Waals surface area contributed by atoms with Crippen LogP contribution in [0.4, 0.5) is 0 Å². The van der Waals surface area contributed by atoms with Crippen molar-refractivity contribution in [3.05, 3.63) is 34.5 Å². The van der Waals surface area contributed by atoms with Crippen LogP contribution in [0, 0.1) is 5.92 Å². The molecule has 3 heterocycles.